The monoisotopic (exact) mass is 393 g/mol. The summed E-state index contributed by atoms with van der Waals surface area (Å²) in [5.74, 6) is 2.53. The fourth-order valence-electron chi connectivity index (χ4n) is 3.28. The summed E-state index contributed by atoms with van der Waals surface area (Å²) in [5, 5.41) is 0.636. The van der Waals surface area contributed by atoms with Gasteiger partial charge in [-0.2, -0.15) is 0 Å². The van der Waals surface area contributed by atoms with Crippen LogP contribution in [0.3, 0.4) is 0 Å². The van der Waals surface area contributed by atoms with Crippen LogP contribution in [0.1, 0.15) is 25.6 Å². The number of imidazole rings is 1. The molecule has 1 aliphatic rings. The van der Waals surface area contributed by atoms with Crippen molar-refractivity contribution in [3.8, 4) is 5.75 Å². The molecule has 1 aromatic carbocycles. The predicted molar refractivity (Wildman–Crippen MR) is 106 cm³/mol. The van der Waals surface area contributed by atoms with Crippen LogP contribution in [-0.2, 0) is 6.42 Å². The molecule has 26 heavy (non-hydrogen) atoms. The van der Waals surface area contributed by atoms with Crippen molar-refractivity contribution in [1.29, 1.82) is 0 Å². The highest BCUT2D eigenvalue weighted by Gasteiger charge is 2.29. The molecule has 2 aromatic heterocycles. The Morgan fingerprint density at radius 2 is 2.15 bits per heavy atom. The molecule has 0 spiro atoms. The van der Waals surface area contributed by atoms with Gasteiger partial charge in [-0.05, 0) is 25.0 Å². The molecule has 0 radical (unpaired) electrons. The molecule has 1 N–H and O–H groups in total. The minimum absolute atomic E-state index is 0. The molecule has 0 unspecified atom stereocenters. The lowest BCUT2D eigenvalue weighted by Crippen LogP contribution is -2.35. The molecule has 6 nitrogen and oxygen atoms in total. The van der Waals surface area contributed by atoms with Crippen LogP contribution in [0.25, 0.3) is 11.2 Å². The van der Waals surface area contributed by atoms with Crippen LogP contribution in [0.15, 0.2) is 30.6 Å². The maximum absolute atomic E-state index is 6.19. The lowest BCUT2D eigenvalue weighted by Gasteiger charge is -2.25. The third-order valence-electron chi connectivity index (χ3n) is 4.56. The summed E-state index contributed by atoms with van der Waals surface area (Å²) in [5.41, 5.74) is 1.63. The highest BCUT2D eigenvalue weighted by atomic mass is 35.5. The first-order valence-corrected chi connectivity index (χ1v) is 8.97. The summed E-state index contributed by atoms with van der Waals surface area (Å²) < 4.78 is 5.97. The zero-order valence-electron chi connectivity index (χ0n) is 14.5. The molecule has 8 heteroatoms. The van der Waals surface area contributed by atoms with Crippen molar-refractivity contribution in [1.82, 2.24) is 19.9 Å². The zero-order chi connectivity index (χ0) is 17.2. The molecule has 3 aromatic rings. The van der Waals surface area contributed by atoms with Crippen LogP contribution >= 0.6 is 24.0 Å². The second-order valence-electron chi connectivity index (χ2n) is 6.16. The molecular weight excluding hydrogens is 373 g/mol. The van der Waals surface area contributed by atoms with Gasteiger partial charge in [0.1, 0.15) is 24.5 Å². The second-order valence-corrected chi connectivity index (χ2v) is 6.57. The number of fused-ring (bicyclic) bond motifs is 1. The molecule has 3 heterocycles. The van der Waals surface area contributed by atoms with Gasteiger partial charge in [0.15, 0.2) is 17.0 Å². The van der Waals surface area contributed by atoms with Gasteiger partial charge in [0.25, 0.3) is 0 Å². The van der Waals surface area contributed by atoms with Gasteiger partial charge >= 0.3 is 0 Å². The Labute approximate surface area is 163 Å². The first kappa shape index (κ1) is 18.7. The van der Waals surface area contributed by atoms with E-state index in [2.05, 4.69) is 31.8 Å². The summed E-state index contributed by atoms with van der Waals surface area (Å²) >= 11 is 6.19. The van der Waals surface area contributed by atoms with E-state index in [9.17, 15) is 0 Å². The van der Waals surface area contributed by atoms with Gasteiger partial charge in [0, 0.05) is 13.0 Å². The Morgan fingerprint density at radius 1 is 1.31 bits per heavy atom. The summed E-state index contributed by atoms with van der Waals surface area (Å²) in [7, 11) is 0. The number of ether oxygens (including phenoxy) is 1. The molecule has 1 saturated heterocycles. The molecule has 1 aliphatic heterocycles. The van der Waals surface area contributed by atoms with Crippen LogP contribution in [0, 0.1) is 0 Å². The zero-order valence-corrected chi connectivity index (χ0v) is 16.1. The van der Waals surface area contributed by atoms with Crippen molar-refractivity contribution in [2.75, 3.05) is 18.1 Å². The highest BCUT2D eigenvalue weighted by molar-refractivity contribution is 6.32. The minimum atomic E-state index is 0. The van der Waals surface area contributed by atoms with Crippen molar-refractivity contribution in [3.05, 3.63) is 41.4 Å². The van der Waals surface area contributed by atoms with E-state index in [4.69, 9.17) is 16.3 Å². The van der Waals surface area contributed by atoms with Gasteiger partial charge in [0.05, 0.1) is 11.1 Å². The number of halogens is 2. The fourth-order valence-corrected chi connectivity index (χ4v) is 3.47. The Balaban J connectivity index is 0.00000196. The SMILES string of the molecule is CCc1nc2c(N3CCC[C@@H]3COc3ccccc3Cl)ncnc2[nH]1.Cl. The Bertz CT molecular complexity index is 885. The lowest BCUT2D eigenvalue weighted by atomic mass is 10.2. The number of benzene rings is 1. The third-order valence-corrected chi connectivity index (χ3v) is 4.88. The van der Waals surface area contributed by atoms with Gasteiger partial charge < -0.3 is 14.6 Å². The van der Waals surface area contributed by atoms with Gasteiger partial charge in [0.2, 0.25) is 0 Å². The van der Waals surface area contributed by atoms with E-state index >= 15 is 0 Å². The maximum Gasteiger partial charge on any atom is 0.163 e. The fraction of sp³-hybridized carbons (Fsp3) is 0.389. The number of hydrogen-bond acceptors (Lipinski definition) is 5. The molecule has 0 amide bonds. The predicted octanol–water partition coefficient (Wildman–Crippen LogP) is 4.04. The largest absolute Gasteiger partial charge is 0.490 e. The molecule has 0 aliphatic carbocycles. The van der Waals surface area contributed by atoms with Crippen LogP contribution in [0.5, 0.6) is 5.75 Å². The van der Waals surface area contributed by atoms with Crippen molar-refractivity contribution in [2.24, 2.45) is 0 Å². The van der Waals surface area contributed by atoms with Crippen molar-refractivity contribution in [2.45, 2.75) is 32.2 Å². The van der Waals surface area contributed by atoms with Crippen LogP contribution in [0.2, 0.25) is 5.02 Å². The first-order valence-electron chi connectivity index (χ1n) is 8.60. The van der Waals surface area contributed by atoms with E-state index in [0.717, 1.165) is 54.4 Å². The van der Waals surface area contributed by atoms with Crippen LogP contribution in [0.4, 0.5) is 5.82 Å². The second kappa shape index (κ2) is 8.10. The van der Waals surface area contributed by atoms with Crippen molar-refractivity contribution in [3.63, 3.8) is 0 Å². The number of anilines is 1. The lowest BCUT2D eigenvalue weighted by molar-refractivity contribution is 0.288. The highest BCUT2D eigenvalue weighted by Crippen LogP contribution is 2.30. The van der Waals surface area contributed by atoms with Crippen LogP contribution < -0.4 is 9.64 Å². The number of aromatic nitrogens is 4. The first-order chi connectivity index (χ1) is 12.3. The number of aryl methyl sites for hydroxylation is 1. The van der Waals surface area contributed by atoms with Gasteiger partial charge in [-0.15, -0.1) is 12.4 Å². The van der Waals surface area contributed by atoms with E-state index in [-0.39, 0.29) is 18.4 Å². The number of nitrogens with one attached hydrogen (secondary N) is 1. The summed E-state index contributed by atoms with van der Waals surface area (Å²) in [6, 6.07) is 7.81. The van der Waals surface area contributed by atoms with E-state index < -0.39 is 0 Å². The van der Waals surface area contributed by atoms with E-state index in [1.807, 2.05) is 24.3 Å². The maximum atomic E-state index is 6.19. The third kappa shape index (κ3) is 3.57. The number of nitrogens with zero attached hydrogens (tertiary/aromatic N) is 4. The Kier molecular flexibility index (Phi) is 5.84. The summed E-state index contributed by atoms with van der Waals surface area (Å²) in [4.78, 5) is 19.0. The molecule has 1 fully saturated rings. The van der Waals surface area contributed by atoms with E-state index in [1.54, 1.807) is 6.33 Å². The normalized spacial score (nSPS) is 16.7. The number of para-hydroxylation sites is 1. The van der Waals surface area contributed by atoms with Crippen molar-refractivity contribution >= 4 is 41.0 Å². The molecule has 1 atom stereocenters. The number of rotatable bonds is 5. The van der Waals surface area contributed by atoms with Gasteiger partial charge in [-0.25, -0.2) is 15.0 Å². The quantitative estimate of drug-likeness (QED) is 0.708. The smallest absolute Gasteiger partial charge is 0.163 e. The standard InChI is InChI=1S/C18H20ClN5O.ClH/c1-2-15-22-16-17(23-15)20-11-21-18(16)24-9-5-6-12(24)10-25-14-8-4-3-7-13(14)19;/h3-4,7-8,11-12H,2,5-6,9-10H2,1H3,(H,20,21,22,23);1H/t12-;/m1./s1. The van der Waals surface area contributed by atoms with Gasteiger partial charge in [-0.1, -0.05) is 30.7 Å². The average Bonchev–Trinajstić information content (AvgIpc) is 3.27. The molecule has 138 valence electrons. The number of aromatic amines is 1. The molecular formula is C18H21Cl2N5O. The summed E-state index contributed by atoms with van der Waals surface area (Å²) in [6.45, 7) is 3.58. The average molecular weight is 394 g/mol. The topological polar surface area (TPSA) is 66.9 Å². The molecule has 4 rings (SSSR count). The van der Waals surface area contributed by atoms with E-state index in [0.29, 0.717) is 11.6 Å². The summed E-state index contributed by atoms with van der Waals surface area (Å²) in [6.07, 6.45) is 4.60. The molecule has 0 saturated carbocycles. The van der Waals surface area contributed by atoms with Crippen LogP contribution in [-0.4, -0.2) is 39.1 Å². The number of hydrogen-bond donors (Lipinski definition) is 1. The number of H-pyrrole nitrogens is 1. The Hall–Kier alpha value is -2.05. The van der Waals surface area contributed by atoms with Gasteiger partial charge in [-0.3, -0.25) is 0 Å². The van der Waals surface area contributed by atoms with E-state index in [1.165, 1.54) is 0 Å². The molecule has 0 bridgehead atoms. The Morgan fingerprint density at radius 3 is 2.96 bits per heavy atom. The minimum Gasteiger partial charge on any atom is -0.490 e. The van der Waals surface area contributed by atoms with Crippen molar-refractivity contribution < 1.29 is 4.74 Å².